The molecular formula is C16H16BrF2NO2. The third kappa shape index (κ3) is 3.38. The van der Waals surface area contributed by atoms with Gasteiger partial charge in [0.1, 0.15) is 28.5 Å². The zero-order valence-electron chi connectivity index (χ0n) is 12.5. The Morgan fingerprint density at radius 1 is 1.27 bits per heavy atom. The van der Waals surface area contributed by atoms with Crippen LogP contribution in [0, 0.1) is 18.6 Å². The molecule has 1 heterocycles. The van der Waals surface area contributed by atoms with Crippen LogP contribution in [0.15, 0.2) is 33.5 Å². The number of aryl methyl sites for hydroxylation is 1. The highest BCUT2D eigenvalue weighted by atomic mass is 79.9. The lowest BCUT2D eigenvalue weighted by Gasteiger charge is -2.17. The summed E-state index contributed by atoms with van der Waals surface area (Å²) in [6.45, 7) is 5.54. The lowest BCUT2D eigenvalue weighted by Crippen LogP contribution is -2.25. The second-order valence-corrected chi connectivity index (χ2v) is 6.05. The molecule has 0 amide bonds. The third-order valence-corrected chi connectivity index (χ3v) is 3.99. The smallest absolute Gasteiger partial charge is 0.269 e. The average Bonchev–Trinajstić information content (AvgIpc) is 2.42. The third-order valence-electron chi connectivity index (χ3n) is 3.26. The van der Waals surface area contributed by atoms with Gasteiger partial charge in [0.25, 0.3) is 5.56 Å². The van der Waals surface area contributed by atoms with Crippen LogP contribution in [-0.4, -0.2) is 4.57 Å². The van der Waals surface area contributed by atoms with Crippen molar-refractivity contribution in [1.82, 2.24) is 4.57 Å². The van der Waals surface area contributed by atoms with Crippen molar-refractivity contribution in [3.05, 3.63) is 62.0 Å². The van der Waals surface area contributed by atoms with Crippen molar-refractivity contribution in [2.45, 2.75) is 33.4 Å². The number of hydrogen-bond donors (Lipinski definition) is 0. The molecule has 0 N–H and O–H groups in total. The highest BCUT2D eigenvalue weighted by molar-refractivity contribution is 9.10. The van der Waals surface area contributed by atoms with Crippen LogP contribution in [0.4, 0.5) is 8.78 Å². The van der Waals surface area contributed by atoms with E-state index in [1.807, 2.05) is 13.8 Å². The zero-order valence-corrected chi connectivity index (χ0v) is 14.1. The quantitative estimate of drug-likeness (QED) is 0.799. The molecule has 0 radical (unpaired) electrons. The lowest BCUT2D eigenvalue weighted by atomic mass is 10.2. The molecule has 22 heavy (non-hydrogen) atoms. The molecule has 0 atom stereocenters. The van der Waals surface area contributed by atoms with Crippen molar-refractivity contribution in [2.24, 2.45) is 0 Å². The zero-order chi connectivity index (χ0) is 16.4. The van der Waals surface area contributed by atoms with Gasteiger partial charge in [-0.15, -0.1) is 0 Å². The van der Waals surface area contributed by atoms with Crippen LogP contribution in [0.1, 0.15) is 31.1 Å². The van der Waals surface area contributed by atoms with Gasteiger partial charge in [0.2, 0.25) is 0 Å². The van der Waals surface area contributed by atoms with E-state index in [1.165, 1.54) is 12.1 Å². The van der Waals surface area contributed by atoms with Crippen molar-refractivity contribution < 1.29 is 13.5 Å². The topological polar surface area (TPSA) is 31.2 Å². The maximum Gasteiger partial charge on any atom is 0.269 e. The summed E-state index contributed by atoms with van der Waals surface area (Å²) in [6, 6.07) is 5.02. The van der Waals surface area contributed by atoms with Crippen LogP contribution in [0.25, 0.3) is 0 Å². The number of halogens is 3. The van der Waals surface area contributed by atoms with E-state index < -0.39 is 11.6 Å². The van der Waals surface area contributed by atoms with E-state index in [0.29, 0.717) is 5.75 Å². The lowest BCUT2D eigenvalue weighted by molar-refractivity contribution is 0.295. The molecule has 118 valence electrons. The van der Waals surface area contributed by atoms with Crippen molar-refractivity contribution in [2.75, 3.05) is 0 Å². The highest BCUT2D eigenvalue weighted by Gasteiger charge is 2.14. The van der Waals surface area contributed by atoms with Gasteiger partial charge in [-0.3, -0.25) is 4.79 Å². The fourth-order valence-electron chi connectivity index (χ4n) is 2.23. The molecule has 0 saturated carbocycles. The Balaban J connectivity index is 2.29. The van der Waals surface area contributed by atoms with Crippen LogP contribution < -0.4 is 10.3 Å². The van der Waals surface area contributed by atoms with Crippen LogP contribution in [0.2, 0.25) is 0 Å². The molecule has 3 nitrogen and oxygen atoms in total. The molecule has 0 fully saturated rings. The summed E-state index contributed by atoms with van der Waals surface area (Å²) < 4.78 is 33.9. The standard InChI is InChI=1S/C16H16BrF2NO2/c1-9(2)20-10(3)6-14(15(17)16(20)21)22-8-11-4-5-12(18)7-13(11)19/h4-7,9H,8H2,1-3H3. The monoisotopic (exact) mass is 371 g/mol. The first-order chi connectivity index (χ1) is 10.3. The van der Waals surface area contributed by atoms with Crippen molar-refractivity contribution >= 4 is 15.9 Å². The average molecular weight is 372 g/mol. The van der Waals surface area contributed by atoms with Gasteiger partial charge in [-0.25, -0.2) is 8.78 Å². The van der Waals surface area contributed by atoms with Gasteiger partial charge in [0, 0.05) is 29.4 Å². The van der Waals surface area contributed by atoms with E-state index in [1.54, 1.807) is 17.6 Å². The van der Waals surface area contributed by atoms with Crippen molar-refractivity contribution in [1.29, 1.82) is 0 Å². The summed E-state index contributed by atoms with van der Waals surface area (Å²) in [5, 5.41) is 0. The first-order valence-electron chi connectivity index (χ1n) is 6.79. The Labute approximate surface area is 135 Å². The summed E-state index contributed by atoms with van der Waals surface area (Å²) in [6.07, 6.45) is 0. The minimum Gasteiger partial charge on any atom is -0.487 e. The number of aromatic nitrogens is 1. The Kier molecular flexibility index (Phi) is 5.01. The van der Waals surface area contributed by atoms with E-state index in [2.05, 4.69) is 15.9 Å². The largest absolute Gasteiger partial charge is 0.487 e. The second kappa shape index (κ2) is 6.60. The Morgan fingerprint density at radius 2 is 1.95 bits per heavy atom. The Bertz CT molecular complexity index is 757. The van der Waals surface area contributed by atoms with Gasteiger partial charge in [-0.2, -0.15) is 0 Å². The summed E-state index contributed by atoms with van der Waals surface area (Å²) in [4.78, 5) is 12.3. The molecule has 0 bridgehead atoms. The van der Waals surface area contributed by atoms with Crippen LogP contribution in [-0.2, 0) is 6.61 Å². The van der Waals surface area contributed by atoms with Gasteiger partial charge >= 0.3 is 0 Å². The van der Waals surface area contributed by atoms with Gasteiger partial charge in [-0.1, -0.05) is 0 Å². The summed E-state index contributed by atoms with van der Waals surface area (Å²) in [5.74, 6) is -0.982. The SMILES string of the molecule is Cc1cc(OCc2ccc(F)cc2F)c(Br)c(=O)n1C(C)C. The van der Waals surface area contributed by atoms with E-state index in [-0.39, 0.29) is 28.2 Å². The van der Waals surface area contributed by atoms with Crippen LogP contribution in [0.5, 0.6) is 5.75 Å². The number of benzene rings is 1. The van der Waals surface area contributed by atoms with Gasteiger partial charge < -0.3 is 9.30 Å². The predicted octanol–water partition coefficient (Wildman–Crippen LogP) is 4.36. The maximum atomic E-state index is 13.6. The minimum atomic E-state index is -0.677. The molecule has 0 aliphatic rings. The molecule has 2 aromatic rings. The highest BCUT2D eigenvalue weighted by Crippen LogP contribution is 2.25. The van der Waals surface area contributed by atoms with Gasteiger partial charge in [0.05, 0.1) is 0 Å². The summed E-state index contributed by atoms with van der Waals surface area (Å²) in [7, 11) is 0. The molecule has 0 spiro atoms. The molecule has 0 saturated heterocycles. The molecule has 0 aliphatic carbocycles. The van der Waals surface area contributed by atoms with E-state index in [9.17, 15) is 13.6 Å². The van der Waals surface area contributed by atoms with Crippen LogP contribution in [0.3, 0.4) is 0 Å². The Morgan fingerprint density at radius 3 is 2.55 bits per heavy atom. The number of pyridine rings is 1. The number of hydrogen-bond acceptors (Lipinski definition) is 2. The fraction of sp³-hybridized carbons (Fsp3) is 0.312. The van der Waals surface area contributed by atoms with Gasteiger partial charge in [-0.05, 0) is 48.8 Å². The van der Waals surface area contributed by atoms with Crippen molar-refractivity contribution in [3.8, 4) is 5.75 Å². The predicted molar refractivity (Wildman–Crippen MR) is 84.2 cm³/mol. The van der Waals surface area contributed by atoms with E-state index in [0.717, 1.165) is 11.8 Å². The normalized spacial score (nSPS) is 11.0. The summed E-state index contributed by atoms with van der Waals surface area (Å²) in [5.41, 5.74) is 0.765. The molecular weight excluding hydrogens is 356 g/mol. The fourth-order valence-corrected chi connectivity index (χ4v) is 2.65. The number of rotatable bonds is 4. The molecule has 0 aliphatic heterocycles. The van der Waals surface area contributed by atoms with E-state index in [4.69, 9.17) is 4.74 Å². The molecule has 0 unspecified atom stereocenters. The second-order valence-electron chi connectivity index (χ2n) is 5.26. The van der Waals surface area contributed by atoms with Crippen LogP contribution >= 0.6 is 15.9 Å². The maximum absolute atomic E-state index is 13.6. The first-order valence-corrected chi connectivity index (χ1v) is 7.59. The number of ether oxygens (including phenoxy) is 1. The minimum absolute atomic E-state index is 0.0207. The molecule has 1 aromatic heterocycles. The first kappa shape index (κ1) is 16.7. The molecule has 6 heteroatoms. The van der Waals surface area contributed by atoms with E-state index >= 15 is 0 Å². The molecule has 1 aromatic carbocycles. The summed E-state index contributed by atoms with van der Waals surface area (Å²) >= 11 is 3.23. The Hall–Kier alpha value is -1.69. The van der Waals surface area contributed by atoms with Crippen molar-refractivity contribution in [3.63, 3.8) is 0 Å². The van der Waals surface area contributed by atoms with Gasteiger partial charge in [0.15, 0.2) is 0 Å². The number of nitrogens with zero attached hydrogens (tertiary/aromatic N) is 1. The molecule has 2 rings (SSSR count).